The minimum absolute atomic E-state index is 0.0293. The van der Waals surface area contributed by atoms with E-state index in [4.69, 9.17) is 5.73 Å². The van der Waals surface area contributed by atoms with Gasteiger partial charge in [-0.1, -0.05) is 12.1 Å². The molecule has 124 valence electrons. The quantitative estimate of drug-likeness (QED) is 0.634. The summed E-state index contributed by atoms with van der Waals surface area (Å²) in [6, 6.07) is 6.69. The van der Waals surface area contributed by atoms with Gasteiger partial charge in [-0.25, -0.2) is 0 Å². The maximum absolute atomic E-state index is 12.3. The molecular weight excluding hydrogens is 296 g/mol. The maximum atomic E-state index is 12.3. The van der Waals surface area contributed by atoms with Gasteiger partial charge in [-0.15, -0.1) is 0 Å². The fourth-order valence-electron chi connectivity index (χ4n) is 3.76. The van der Waals surface area contributed by atoms with E-state index in [1.165, 1.54) is 6.07 Å². The van der Waals surface area contributed by atoms with Crippen LogP contribution in [-0.2, 0) is 4.79 Å². The number of para-hydroxylation sites is 2. The first-order chi connectivity index (χ1) is 11.1. The number of nitrogens with one attached hydrogen (secondary N) is 1. The van der Waals surface area contributed by atoms with Gasteiger partial charge in [-0.2, -0.15) is 0 Å². The van der Waals surface area contributed by atoms with Crippen molar-refractivity contribution in [3.63, 3.8) is 0 Å². The molecule has 0 bridgehead atoms. The van der Waals surface area contributed by atoms with Gasteiger partial charge in [0.1, 0.15) is 5.69 Å². The van der Waals surface area contributed by atoms with Crippen LogP contribution in [-0.4, -0.2) is 41.4 Å². The van der Waals surface area contributed by atoms with Gasteiger partial charge in [0.2, 0.25) is 5.91 Å². The summed E-state index contributed by atoms with van der Waals surface area (Å²) >= 11 is 0. The SMILES string of the molecule is NC1CCC2CN(C(=O)CCNc3ccccc3[N+](=O)[O-])CC12. The third kappa shape index (κ3) is 3.29. The fraction of sp³-hybridized carbons (Fsp3) is 0.562. The molecule has 1 saturated carbocycles. The first kappa shape index (κ1) is 15.7. The molecule has 2 aliphatic rings. The molecule has 1 aromatic rings. The third-order valence-electron chi connectivity index (χ3n) is 5.02. The predicted octanol–water partition coefficient (Wildman–Crippen LogP) is 1.59. The first-order valence-electron chi connectivity index (χ1n) is 8.07. The van der Waals surface area contributed by atoms with E-state index in [9.17, 15) is 14.9 Å². The predicted molar refractivity (Wildman–Crippen MR) is 87.0 cm³/mol. The lowest BCUT2D eigenvalue weighted by Gasteiger charge is -2.19. The van der Waals surface area contributed by atoms with E-state index >= 15 is 0 Å². The summed E-state index contributed by atoms with van der Waals surface area (Å²) in [5.41, 5.74) is 6.57. The van der Waals surface area contributed by atoms with E-state index in [-0.39, 0.29) is 17.6 Å². The average molecular weight is 318 g/mol. The van der Waals surface area contributed by atoms with Crippen LogP contribution in [0.4, 0.5) is 11.4 Å². The Bertz CT molecular complexity index is 607. The number of anilines is 1. The molecule has 1 aliphatic carbocycles. The number of rotatable bonds is 5. The van der Waals surface area contributed by atoms with Crippen LogP contribution < -0.4 is 11.1 Å². The summed E-state index contributed by atoms with van der Waals surface area (Å²) in [7, 11) is 0. The molecule has 1 amide bonds. The van der Waals surface area contributed by atoms with Gasteiger partial charge >= 0.3 is 0 Å². The van der Waals surface area contributed by atoms with Gasteiger partial charge in [0.25, 0.3) is 5.69 Å². The second-order valence-corrected chi connectivity index (χ2v) is 6.41. The highest BCUT2D eigenvalue weighted by atomic mass is 16.6. The Balaban J connectivity index is 1.50. The molecule has 0 spiro atoms. The van der Waals surface area contributed by atoms with E-state index in [0.29, 0.717) is 30.5 Å². The van der Waals surface area contributed by atoms with Gasteiger partial charge in [-0.05, 0) is 30.7 Å². The average Bonchev–Trinajstić information content (AvgIpc) is 3.10. The van der Waals surface area contributed by atoms with E-state index in [1.54, 1.807) is 18.2 Å². The topological polar surface area (TPSA) is 102 Å². The lowest BCUT2D eigenvalue weighted by Crippen LogP contribution is -2.34. The van der Waals surface area contributed by atoms with Gasteiger partial charge in [0, 0.05) is 38.2 Å². The molecular formula is C16H22N4O3. The summed E-state index contributed by atoms with van der Waals surface area (Å²) in [6.45, 7) is 1.96. The van der Waals surface area contributed by atoms with Crippen molar-refractivity contribution in [2.45, 2.75) is 25.3 Å². The van der Waals surface area contributed by atoms with Crippen LogP contribution in [0.1, 0.15) is 19.3 Å². The van der Waals surface area contributed by atoms with Crippen LogP contribution in [0.2, 0.25) is 0 Å². The lowest BCUT2D eigenvalue weighted by atomic mass is 9.98. The highest BCUT2D eigenvalue weighted by Gasteiger charge is 2.42. The van der Waals surface area contributed by atoms with Gasteiger partial charge in [-0.3, -0.25) is 14.9 Å². The monoisotopic (exact) mass is 318 g/mol. The van der Waals surface area contributed by atoms with E-state index in [2.05, 4.69) is 5.32 Å². The van der Waals surface area contributed by atoms with Crippen molar-refractivity contribution in [2.24, 2.45) is 17.6 Å². The number of amides is 1. The van der Waals surface area contributed by atoms with Crippen molar-refractivity contribution in [3.8, 4) is 0 Å². The molecule has 3 rings (SSSR count). The first-order valence-corrected chi connectivity index (χ1v) is 8.07. The Hall–Kier alpha value is -2.15. The molecule has 3 atom stereocenters. The van der Waals surface area contributed by atoms with E-state index < -0.39 is 4.92 Å². The molecule has 0 aromatic heterocycles. The van der Waals surface area contributed by atoms with Gasteiger partial charge < -0.3 is 16.0 Å². The number of benzene rings is 1. The van der Waals surface area contributed by atoms with Crippen LogP contribution in [0, 0.1) is 22.0 Å². The minimum atomic E-state index is -0.423. The van der Waals surface area contributed by atoms with Gasteiger partial charge in [0.05, 0.1) is 4.92 Å². The standard InChI is InChI=1S/C16H22N4O3/c17-13-6-5-11-9-19(10-12(11)13)16(21)7-8-18-14-3-1-2-4-15(14)20(22)23/h1-4,11-13,18H,5-10,17H2. The molecule has 7 heteroatoms. The number of fused-ring (bicyclic) bond motifs is 1. The molecule has 2 fully saturated rings. The Kier molecular flexibility index (Phi) is 4.47. The zero-order valence-electron chi connectivity index (χ0n) is 13.0. The van der Waals surface area contributed by atoms with Crippen LogP contribution in [0.3, 0.4) is 0 Å². The van der Waals surface area contributed by atoms with Crippen molar-refractivity contribution in [2.75, 3.05) is 25.0 Å². The molecule has 0 radical (unpaired) electrons. The zero-order chi connectivity index (χ0) is 16.4. The number of nitro benzene ring substituents is 1. The molecule has 3 N–H and O–H groups in total. The molecule has 23 heavy (non-hydrogen) atoms. The molecule has 1 aromatic carbocycles. The molecule has 1 aliphatic heterocycles. The second-order valence-electron chi connectivity index (χ2n) is 6.41. The maximum Gasteiger partial charge on any atom is 0.292 e. The number of hydrogen-bond donors (Lipinski definition) is 2. The number of nitrogens with two attached hydrogens (primary N) is 1. The van der Waals surface area contributed by atoms with Crippen molar-refractivity contribution in [1.82, 2.24) is 4.90 Å². The van der Waals surface area contributed by atoms with Crippen molar-refractivity contribution < 1.29 is 9.72 Å². The lowest BCUT2D eigenvalue weighted by molar-refractivity contribution is -0.384. The largest absolute Gasteiger partial charge is 0.379 e. The summed E-state index contributed by atoms with van der Waals surface area (Å²) in [6.07, 6.45) is 2.52. The second kappa shape index (κ2) is 6.54. The number of nitro groups is 1. The minimum Gasteiger partial charge on any atom is -0.379 e. The molecule has 1 saturated heterocycles. The smallest absolute Gasteiger partial charge is 0.292 e. The van der Waals surface area contributed by atoms with Crippen LogP contribution in [0.25, 0.3) is 0 Å². The summed E-state index contributed by atoms with van der Waals surface area (Å²) in [4.78, 5) is 24.7. The summed E-state index contributed by atoms with van der Waals surface area (Å²) < 4.78 is 0. The Labute approximate surface area is 135 Å². The summed E-state index contributed by atoms with van der Waals surface area (Å²) in [5.74, 6) is 1.09. The number of nitrogens with zero attached hydrogens (tertiary/aromatic N) is 2. The van der Waals surface area contributed by atoms with Crippen LogP contribution >= 0.6 is 0 Å². The molecule has 7 nitrogen and oxygen atoms in total. The molecule has 1 heterocycles. The highest BCUT2D eigenvalue weighted by molar-refractivity contribution is 5.77. The third-order valence-corrected chi connectivity index (χ3v) is 5.02. The zero-order valence-corrected chi connectivity index (χ0v) is 13.0. The van der Waals surface area contributed by atoms with Gasteiger partial charge in [0.15, 0.2) is 0 Å². The Morgan fingerprint density at radius 1 is 1.35 bits per heavy atom. The molecule has 3 unspecified atom stereocenters. The summed E-state index contributed by atoms with van der Waals surface area (Å²) in [5, 5.41) is 13.9. The van der Waals surface area contributed by atoms with Crippen molar-refractivity contribution in [1.29, 1.82) is 0 Å². The highest BCUT2D eigenvalue weighted by Crippen LogP contribution is 2.37. The normalized spacial score (nSPS) is 26.1. The van der Waals surface area contributed by atoms with E-state index in [0.717, 1.165) is 25.9 Å². The Morgan fingerprint density at radius 2 is 2.13 bits per heavy atom. The number of carbonyl (C=O) groups is 1. The number of hydrogen-bond acceptors (Lipinski definition) is 5. The van der Waals surface area contributed by atoms with Crippen LogP contribution in [0.15, 0.2) is 24.3 Å². The van der Waals surface area contributed by atoms with Crippen molar-refractivity contribution >= 4 is 17.3 Å². The Morgan fingerprint density at radius 3 is 2.87 bits per heavy atom. The van der Waals surface area contributed by atoms with E-state index in [1.807, 2.05) is 4.90 Å². The number of likely N-dealkylation sites (tertiary alicyclic amines) is 1. The van der Waals surface area contributed by atoms with Crippen molar-refractivity contribution in [3.05, 3.63) is 34.4 Å². The fourth-order valence-corrected chi connectivity index (χ4v) is 3.76. The van der Waals surface area contributed by atoms with Crippen LogP contribution in [0.5, 0.6) is 0 Å². The number of carbonyl (C=O) groups excluding carboxylic acids is 1.